The second kappa shape index (κ2) is 10.8. The van der Waals surface area contributed by atoms with Crippen molar-refractivity contribution in [2.24, 2.45) is 5.73 Å². The fourth-order valence-corrected chi connectivity index (χ4v) is 2.49. The molecule has 0 aliphatic heterocycles. The first kappa shape index (κ1) is 19.2. The molecular formula is C19H25ClN2O. The van der Waals surface area contributed by atoms with Gasteiger partial charge in [-0.2, -0.15) is 0 Å². The Hall–Kier alpha value is -1.84. The number of benzene rings is 2. The molecule has 0 aliphatic rings. The highest BCUT2D eigenvalue weighted by molar-refractivity contribution is 5.85. The van der Waals surface area contributed by atoms with Gasteiger partial charge in [-0.25, -0.2) is 0 Å². The highest BCUT2D eigenvalue weighted by Gasteiger charge is 2.14. The van der Waals surface area contributed by atoms with Gasteiger partial charge in [0.15, 0.2) is 0 Å². The summed E-state index contributed by atoms with van der Waals surface area (Å²) in [5.74, 6) is 0.0763. The van der Waals surface area contributed by atoms with Crippen molar-refractivity contribution in [2.45, 2.75) is 31.7 Å². The summed E-state index contributed by atoms with van der Waals surface area (Å²) in [5, 5.41) is 3.14. The first-order valence-corrected chi connectivity index (χ1v) is 7.88. The van der Waals surface area contributed by atoms with Crippen molar-refractivity contribution in [3.05, 3.63) is 71.8 Å². The Morgan fingerprint density at radius 3 is 2.22 bits per heavy atom. The topological polar surface area (TPSA) is 55.1 Å². The second-order valence-corrected chi connectivity index (χ2v) is 5.45. The molecule has 4 heteroatoms. The summed E-state index contributed by atoms with van der Waals surface area (Å²) in [6.45, 7) is 0.549. The molecule has 0 aromatic heterocycles. The van der Waals surface area contributed by atoms with Crippen LogP contribution in [-0.2, 0) is 11.2 Å². The highest BCUT2D eigenvalue weighted by atomic mass is 35.5. The van der Waals surface area contributed by atoms with E-state index < -0.39 is 0 Å². The van der Waals surface area contributed by atoms with E-state index in [2.05, 4.69) is 29.6 Å². The molecule has 0 saturated carbocycles. The summed E-state index contributed by atoms with van der Waals surface area (Å²) in [5.41, 5.74) is 7.92. The maximum absolute atomic E-state index is 12.0. The minimum Gasteiger partial charge on any atom is -0.349 e. The van der Waals surface area contributed by atoms with Gasteiger partial charge >= 0.3 is 0 Å². The number of amides is 1. The fourth-order valence-electron chi connectivity index (χ4n) is 2.49. The van der Waals surface area contributed by atoms with Crippen LogP contribution in [0.15, 0.2) is 60.7 Å². The SMILES string of the molecule is Cl.NCCCC(=O)NC(CCc1ccccc1)c1ccccc1. The number of carbonyl (C=O) groups excluding carboxylic acids is 1. The predicted octanol–water partition coefficient (Wildman–Crippen LogP) is 3.64. The van der Waals surface area contributed by atoms with E-state index in [1.165, 1.54) is 5.56 Å². The minimum atomic E-state index is 0. The number of hydrogen-bond acceptors (Lipinski definition) is 2. The molecule has 2 rings (SSSR count). The lowest BCUT2D eigenvalue weighted by Crippen LogP contribution is -2.29. The van der Waals surface area contributed by atoms with Crippen molar-refractivity contribution in [2.75, 3.05) is 6.54 Å². The van der Waals surface area contributed by atoms with Gasteiger partial charge in [0.2, 0.25) is 5.91 Å². The second-order valence-electron chi connectivity index (χ2n) is 5.45. The molecule has 3 N–H and O–H groups in total. The Labute approximate surface area is 144 Å². The van der Waals surface area contributed by atoms with Gasteiger partial charge in [-0.1, -0.05) is 60.7 Å². The Morgan fingerprint density at radius 2 is 1.61 bits per heavy atom. The highest BCUT2D eigenvalue weighted by Crippen LogP contribution is 2.19. The molecule has 1 atom stereocenters. The molecule has 1 unspecified atom stereocenters. The Balaban J connectivity index is 0.00000264. The molecule has 2 aromatic carbocycles. The average Bonchev–Trinajstić information content (AvgIpc) is 2.58. The van der Waals surface area contributed by atoms with Gasteiger partial charge in [-0.3, -0.25) is 4.79 Å². The quantitative estimate of drug-likeness (QED) is 0.775. The molecule has 0 spiro atoms. The van der Waals surface area contributed by atoms with Gasteiger partial charge < -0.3 is 11.1 Å². The molecule has 3 nitrogen and oxygen atoms in total. The number of halogens is 1. The summed E-state index contributed by atoms with van der Waals surface area (Å²) in [6, 6.07) is 20.6. The average molecular weight is 333 g/mol. The van der Waals surface area contributed by atoms with E-state index in [0.29, 0.717) is 13.0 Å². The third-order valence-corrected chi connectivity index (χ3v) is 3.71. The number of rotatable bonds is 8. The van der Waals surface area contributed by atoms with E-state index in [1.807, 2.05) is 36.4 Å². The van der Waals surface area contributed by atoms with E-state index >= 15 is 0 Å². The largest absolute Gasteiger partial charge is 0.349 e. The molecule has 23 heavy (non-hydrogen) atoms. The Morgan fingerprint density at radius 1 is 1.00 bits per heavy atom. The van der Waals surface area contributed by atoms with E-state index in [-0.39, 0.29) is 24.4 Å². The molecule has 1 amide bonds. The number of carbonyl (C=O) groups is 1. The van der Waals surface area contributed by atoms with Crippen LogP contribution in [0.1, 0.15) is 36.4 Å². The van der Waals surface area contributed by atoms with E-state index in [1.54, 1.807) is 0 Å². The number of nitrogens with one attached hydrogen (secondary N) is 1. The van der Waals surface area contributed by atoms with Crippen LogP contribution in [0, 0.1) is 0 Å². The molecule has 0 radical (unpaired) electrons. The maximum atomic E-state index is 12.0. The lowest BCUT2D eigenvalue weighted by Gasteiger charge is -2.19. The molecule has 0 bridgehead atoms. The summed E-state index contributed by atoms with van der Waals surface area (Å²) >= 11 is 0. The maximum Gasteiger partial charge on any atom is 0.220 e. The van der Waals surface area contributed by atoms with E-state index in [9.17, 15) is 4.79 Å². The first-order chi connectivity index (χ1) is 10.8. The van der Waals surface area contributed by atoms with Crippen LogP contribution in [0.3, 0.4) is 0 Å². The summed E-state index contributed by atoms with van der Waals surface area (Å²) in [7, 11) is 0. The van der Waals surface area contributed by atoms with Crippen LogP contribution in [0.2, 0.25) is 0 Å². The van der Waals surface area contributed by atoms with Crippen molar-refractivity contribution in [3.63, 3.8) is 0 Å². The Bertz CT molecular complexity index is 560. The van der Waals surface area contributed by atoms with Crippen LogP contribution in [0.5, 0.6) is 0 Å². The Kier molecular flexibility index (Phi) is 9.03. The molecule has 0 aliphatic carbocycles. The molecule has 124 valence electrons. The first-order valence-electron chi connectivity index (χ1n) is 7.88. The number of nitrogens with two attached hydrogens (primary N) is 1. The van der Waals surface area contributed by atoms with Crippen LogP contribution in [0.4, 0.5) is 0 Å². The van der Waals surface area contributed by atoms with Crippen molar-refractivity contribution in [3.8, 4) is 0 Å². The van der Waals surface area contributed by atoms with Gasteiger partial charge in [-0.15, -0.1) is 12.4 Å². The van der Waals surface area contributed by atoms with Gasteiger partial charge in [0.05, 0.1) is 6.04 Å². The molecule has 0 saturated heterocycles. The van der Waals surface area contributed by atoms with Crippen molar-refractivity contribution >= 4 is 18.3 Å². The monoisotopic (exact) mass is 332 g/mol. The number of hydrogen-bond donors (Lipinski definition) is 2. The van der Waals surface area contributed by atoms with Crippen molar-refractivity contribution in [1.82, 2.24) is 5.32 Å². The molecular weight excluding hydrogens is 308 g/mol. The fraction of sp³-hybridized carbons (Fsp3) is 0.316. The summed E-state index contributed by atoms with van der Waals surface area (Å²) < 4.78 is 0. The van der Waals surface area contributed by atoms with Crippen molar-refractivity contribution < 1.29 is 4.79 Å². The number of aryl methyl sites for hydroxylation is 1. The molecule has 0 fully saturated rings. The lowest BCUT2D eigenvalue weighted by molar-refractivity contribution is -0.121. The zero-order chi connectivity index (χ0) is 15.6. The zero-order valence-corrected chi connectivity index (χ0v) is 14.1. The van der Waals surface area contributed by atoms with Gasteiger partial charge in [-0.05, 0) is 36.9 Å². The predicted molar refractivity (Wildman–Crippen MR) is 97.6 cm³/mol. The lowest BCUT2D eigenvalue weighted by atomic mass is 9.98. The third kappa shape index (κ3) is 6.85. The summed E-state index contributed by atoms with van der Waals surface area (Å²) in [6.07, 6.45) is 3.05. The molecule has 2 aromatic rings. The van der Waals surface area contributed by atoms with Gasteiger partial charge in [0.1, 0.15) is 0 Å². The van der Waals surface area contributed by atoms with E-state index in [0.717, 1.165) is 24.8 Å². The molecule has 0 heterocycles. The van der Waals surface area contributed by atoms with Gasteiger partial charge in [0.25, 0.3) is 0 Å². The van der Waals surface area contributed by atoms with Crippen molar-refractivity contribution in [1.29, 1.82) is 0 Å². The van der Waals surface area contributed by atoms with Crippen LogP contribution < -0.4 is 11.1 Å². The van der Waals surface area contributed by atoms with Crippen LogP contribution in [-0.4, -0.2) is 12.5 Å². The summed E-state index contributed by atoms with van der Waals surface area (Å²) in [4.78, 5) is 12.0. The standard InChI is InChI=1S/C19H24N2O.ClH/c20-15-7-12-19(22)21-18(17-10-5-2-6-11-17)14-13-16-8-3-1-4-9-16;/h1-6,8-11,18H,7,12-15,20H2,(H,21,22);1H. The zero-order valence-electron chi connectivity index (χ0n) is 13.3. The smallest absolute Gasteiger partial charge is 0.220 e. The third-order valence-electron chi connectivity index (χ3n) is 3.71. The van der Waals surface area contributed by atoms with Gasteiger partial charge in [0, 0.05) is 6.42 Å². The van der Waals surface area contributed by atoms with Crippen LogP contribution >= 0.6 is 12.4 Å². The normalized spacial score (nSPS) is 11.3. The van der Waals surface area contributed by atoms with Crippen LogP contribution in [0.25, 0.3) is 0 Å². The minimum absolute atomic E-state index is 0. The van der Waals surface area contributed by atoms with E-state index in [4.69, 9.17) is 5.73 Å².